The van der Waals surface area contributed by atoms with E-state index in [1.165, 1.54) is 11.1 Å². The van der Waals surface area contributed by atoms with Crippen molar-refractivity contribution in [2.75, 3.05) is 6.54 Å². The summed E-state index contributed by atoms with van der Waals surface area (Å²) < 4.78 is 0. The second-order valence-corrected chi connectivity index (χ2v) is 5.32. The van der Waals surface area contributed by atoms with E-state index in [0.29, 0.717) is 18.9 Å². The molecule has 0 aliphatic heterocycles. The third-order valence-electron chi connectivity index (χ3n) is 2.95. The highest BCUT2D eigenvalue weighted by Gasteiger charge is 2.09. The van der Waals surface area contributed by atoms with Gasteiger partial charge in [0, 0.05) is 6.54 Å². The van der Waals surface area contributed by atoms with Crippen LogP contribution in [0.1, 0.15) is 31.4 Å². The van der Waals surface area contributed by atoms with Crippen LogP contribution in [0, 0.1) is 5.92 Å². The minimum absolute atomic E-state index is 0.445. The average Bonchev–Trinajstić information content (AvgIpc) is 2.35. The van der Waals surface area contributed by atoms with Gasteiger partial charge in [0.15, 0.2) is 0 Å². The summed E-state index contributed by atoms with van der Waals surface area (Å²) >= 11 is 0. The molecule has 19 heavy (non-hydrogen) atoms. The van der Waals surface area contributed by atoms with Gasteiger partial charge in [-0.05, 0) is 36.4 Å². The molecular weight excluding hydrogens is 240 g/mol. The van der Waals surface area contributed by atoms with Gasteiger partial charge in [-0.3, -0.25) is 4.79 Å². The molecule has 0 fully saturated rings. The Balaban J connectivity index is 2.28. The van der Waals surface area contributed by atoms with E-state index in [4.69, 9.17) is 10.8 Å². The molecule has 4 N–H and O–H groups in total. The maximum Gasteiger partial charge on any atom is 0.320 e. The van der Waals surface area contributed by atoms with Gasteiger partial charge < -0.3 is 16.2 Å². The van der Waals surface area contributed by atoms with Crippen LogP contribution >= 0.6 is 0 Å². The van der Waals surface area contributed by atoms with Crippen LogP contribution in [0.15, 0.2) is 24.3 Å². The maximum atomic E-state index is 10.5. The van der Waals surface area contributed by atoms with Crippen molar-refractivity contribution in [2.45, 2.75) is 39.3 Å². The molecule has 4 nitrogen and oxygen atoms in total. The number of nitrogens with two attached hydrogens (primary N) is 1. The molecule has 0 heterocycles. The molecule has 1 unspecified atom stereocenters. The monoisotopic (exact) mass is 264 g/mol. The normalized spacial score (nSPS) is 12.6. The maximum absolute atomic E-state index is 10.5. The Morgan fingerprint density at radius 1 is 1.26 bits per heavy atom. The predicted octanol–water partition coefficient (Wildman–Crippen LogP) is 1.78. The number of aliphatic carboxylic acids is 1. The number of nitrogens with one attached hydrogen (secondary N) is 1. The summed E-state index contributed by atoms with van der Waals surface area (Å²) in [5, 5.41) is 11.9. The minimum Gasteiger partial charge on any atom is -0.480 e. The molecule has 1 atom stereocenters. The Morgan fingerprint density at radius 3 is 2.37 bits per heavy atom. The van der Waals surface area contributed by atoms with E-state index in [1.807, 2.05) is 0 Å². The molecule has 0 saturated heterocycles. The molecule has 106 valence electrons. The molecule has 0 saturated carbocycles. The largest absolute Gasteiger partial charge is 0.480 e. The average molecular weight is 264 g/mol. The van der Waals surface area contributed by atoms with Crippen molar-refractivity contribution in [1.82, 2.24) is 5.32 Å². The van der Waals surface area contributed by atoms with Crippen LogP contribution in [0.25, 0.3) is 0 Å². The SMILES string of the molecule is CC(C)Cc1ccc(CNCCC(N)C(=O)O)cc1. The van der Waals surface area contributed by atoms with E-state index in [0.717, 1.165) is 13.0 Å². The summed E-state index contributed by atoms with van der Waals surface area (Å²) in [4.78, 5) is 10.5. The lowest BCUT2D eigenvalue weighted by atomic mass is 10.0. The van der Waals surface area contributed by atoms with Crippen LogP contribution in [0.5, 0.6) is 0 Å². The third-order valence-corrected chi connectivity index (χ3v) is 2.95. The highest BCUT2D eigenvalue weighted by atomic mass is 16.4. The number of hydrogen-bond donors (Lipinski definition) is 3. The van der Waals surface area contributed by atoms with Gasteiger partial charge in [0.1, 0.15) is 6.04 Å². The molecule has 0 amide bonds. The first kappa shape index (κ1) is 15.7. The molecule has 0 aromatic heterocycles. The van der Waals surface area contributed by atoms with Gasteiger partial charge in [0.25, 0.3) is 0 Å². The van der Waals surface area contributed by atoms with Crippen molar-refractivity contribution < 1.29 is 9.90 Å². The van der Waals surface area contributed by atoms with Crippen LogP contribution in [0.3, 0.4) is 0 Å². The fraction of sp³-hybridized carbons (Fsp3) is 0.533. The summed E-state index contributed by atoms with van der Waals surface area (Å²) in [5.74, 6) is -0.277. The second-order valence-electron chi connectivity index (χ2n) is 5.32. The third kappa shape index (κ3) is 6.36. The lowest BCUT2D eigenvalue weighted by molar-refractivity contribution is -0.138. The summed E-state index contributed by atoms with van der Waals surface area (Å²) in [6, 6.07) is 7.75. The quantitative estimate of drug-likeness (QED) is 0.626. The lowest BCUT2D eigenvalue weighted by Crippen LogP contribution is -2.33. The molecule has 0 spiro atoms. The zero-order valence-electron chi connectivity index (χ0n) is 11.7. The molecule has 4 heteroatoms. The zero-order chi connectivity index (χ0) is 14.3. The molecule has 1 aromatic carbocycles. The smallest absolute Gasteiger partial charge is 0.320 e. The van der Waals surface area contributed by atoms with Crippen molar-refractivity contribution in [3.63, 3.8) is 0 Å². The Hall–Kier alpha value is -1.39. The fourth-order valence-corrected chi connectivity index (χ4v) is 1.88. The van der Waals surface area contributed by atoms with Crippen LogP contribution in [0.4, 0.5) is 0 Å². The number of hydrogen-bond acceptors (Lipinski definition) is 3. The van der Waals surface area contributed by atoms with Crippen molar-refractivity contribution in [3.8, 4) is 0 Å². The molecule has 0 bridgehead atoms. The summed E-state index contributed by atoms with van der Waals surface area (Å²) in [6.45, 7) is 5.78. The van der Waals surface area contributed by atoms with Crippen molar-refractivity contribution >= 4 is 5.97 Å². The van der Waals surface area contributed by atoms with Crippen LogP contribution in [0.2, 0.25) is 0 Å². The predicted molar refractivity (Wildman–Crippen MR) is 76.9 cm³/mol. The van der Waals surface area contributed by atoms with Gasteiger partial charge in [-0.25, -0.2) is 0 Å². The van der Waals surface area contributed by atoms with Crippen molar-refractivity contribution in [1.29, 1.82) is 0 Å². The standard InChI is InChI=1S/C15H24N2O2/c1-11(2)9-12-3-5-13(6-4-12)10-17-8-7-14(16)15(18)19/h3-6,11,14,17H,7-10,16H2,1-2H3,(H,18,19). The molecule has 0 aliphatic carbocycles. The van der Waals surface area contributed by atoms with Crippen LogP contribution < -0.4 is 11.1 Å². The van der Waals surface area contributed by atoms with Gasteiger partial charge >= 0.3 is 5.97 Å². The van der Waals surface area contributed by atoms with E-state index in [-0.39, 0.29) is 0 Å². The number of carboxylic acids is 1. The van der Waals surface area contributed by atoms with E-state index in [9.17, 15) is 4.79 Å². The first-order valence-corrected chi connectivity index (χ1v) is 6.76. The van der Waals surface area contributed by atoms with Crippen molar-refractivity contribution in [2.24, 2.45) is 11.7 Å². The first-order chi connectivity index (χ1) is 8.99. The van der Waals surface area contributed by atoms with E-state index in [1.54, 1.807) is 0 Å². The van der Waals surface area contributed by atoms with E-state index >= 15 is 0 Å². The Morgan fingerprint density at radius 2 is 1.84 bits per heavy atom. The Labute approximate surface area is 115 Å². The van der Waals surface area contributed by atoms with Gasteiger partial charge in [0.2, 0.25) is 0 Å². The molecule has 0 radical (unpaired) electrons. The topological polar surface area (TPSA) is 75.3 Å². The molecular formula is C15H24N2O2. The summed E-state index contributed by atoms with van der Waals surface area (Å²) in [6.07, 6.45) is 1.54. The van der Waals surface area contributed by atoms with E-state index < -0.39 is 12.0 Å². The van der Waals surface area contributed by atoms with Crippen molar-refractivity contribution in [3.05, 3.63) is 35.4 Å². The van der Waals surface area contributed by atoms with Gasteiger partial charge in [0.05, 0.1) is 0 Å². The lowest BCUT2D eigenvalue weighted by Gasteiger charge is -2.09. The highest BCUT2D eigenvalue weighted by molar-refractivity contribution is 5.72. The Bertz CT molecular complexity index is 388. The van der Waals surface area contributed by atoms with Gasteiger partial charge in [-0.2, -0.15) is 0 Å². The number of carbonyl (C=O) groups is 1. The van der Waals surface area contributed by atoms with Gasteiger partial charge in [-0.1, -0.05) is 38.1 Å². The molecule has 1 aromatic rings. The fourth-order valence-electron chi connectivity index (χ4n) is 1.88. The van der Waals surface area contributed by atoms with Crippen LogP contribution in [-0.2, 0) is 17.8 Å². The first-order valence-electron chi connectivity index (χ1n) is 6.76. The highest BCUT2D eigenvalue weighted by Crippen LogP contribution is 2.09. The number of carboxylic acid groups (broad SMARTS) is 1. The summed E-state index contributed by atoms with van der Waals surface area (Å²) in [5.41, 5.74) is 7.98. The molecule has 0 aliphatic rings. The second kappa shape index (κ2) is 7.92. The van der Waals surface area contributed by atoms with Gasteiger partial charge in [-0.15, -0.1) is 0 Å². The van der Waals surface area contributed by atoms with E-state index in [2.05, 4.69) is 43.4 Å². The Kier molecular flexibility index (Phi) is 6.53. The number of rotatable bonds is 8. The zero-order valence-corrected chi connectivity index (χ0v) is 11.7. The minimum atomic E-state index is -0.945. The number of benzene rings is 1. The van der Waals surface area contributed by atoms with Crippen LogP contribution in [-0.4, -0.2) is 23.7 Å². The summed E-state index contributed by atoms with van der Waals surface area (Å²) in [7, 11) is 0. The molecule has 1 rings (SSSR count).